The lowest BCUT2D eigenvalue weighted by Gasteiger charge is -2.32. The summed E-state index contributed by atoms with van der Waals surface area (Å²) >= 11 is 1.93. The Balaban J connectivity index is 2.30. The molecule has 84 valence electrons. The molecule has 1 unspecified atom stereocenters. The fourth-order valence-corrected chi connectivity index (χ4v) is 3.87. The normalized spacial score (nSPS) is 27.6. The van der Waals surface area contributed by atoms with E-state index < -0.39 is 0 Å². The Morgan fingerprint density at radius 1 is 1.40 bits per heavy atom. The van der Waals surface area contributed by atoms with Crippen molar-refractivity contribution in [2.75, 3.05) is 6.54 Å². The monoisotopic (exact) mass is 223 g/mol. The van der Waals surface area contributed by atoms with Gasteiger partial charge in [0.25, 0.3) is 0 Å². The average Bonchev–Trinajstić information content (AvgIpc) is 2.56. The van der Waals surface area contributed by atoms with Crippen molar-refractivity contribution in [3.63, 3.8) is 0 Å². The summed E-state index contributed by atoms with van der Waals surface area (Å²) in [5.74, 6) is 0. The fourth-order valence-electron chi connectivity index (χ4n) is 2.66. The van der Waals surface area contributed by atoms with Crippen molar-refractivity contribution in [2.24, 2.45) is 0 Å². The molecule has 1 N–H and O–H groups in total. The molecule has 2 heteroatoms. The van der Waals surface area contributed by atoms with Crippen LogP contribution in [0.5, 0.6) is 0 Å². The van der Waals surface area contributed by atoms with Gasteiger partial charge in [-0.15, -0.1) is 11.3 Å². The molecule has 1 aliphatic heterocycles. The Hall–Kier alpha value is -0.340. The van der Waals surface area contributed by atoms with Crippen LogP contribution < -0.4 is 5.32 Å². The molecular formula is C13H21NS. The molecule has 15 heavy (non-hydrogen) atoms. The molecule has 0 aliphatic carbocycles. The Bertz CT molecular complexity index is 308. The molecular weight excluding hydrogens is 202 g/mol. The standard InChI is InChI=1S/C13H21NS/c1-3-13(8-5-4-6-9-14-13)12-11(2)7-10-15-12/h7,10,14H,3-6,8-9H2,1-2H3. The van der Waals surface area contributed by atoms with E-state index in [0.29, 0.717) is 0 Å². The minimum absolute atomic E-state index is 0.286. The van der Waals surface area contributed by atoms with Crippen LogP contribution in [-0.2, 0) is 5.54 Å². The number of nitrogens with one attached hydrogen (secondary N) is 1. The predicted molar refractivity (Wildman–Crippen MR) is 67.5 cm³/mol. The molecule has 1 aromatic heterocycles. The van der Waals surface area contributed by atoms with Crippen molar-refractivity contribution in [1.29, 1.82) is 0 Å². The maximum atomic E-state index is 3.80. The Morgan fingerprint density at radius 2 is 2.27 bits per heavy atom. The van der Waals surface area contributed by atoms with Gasteiger partial charge in [0.15, 0.2) is 0 Å². The molecule has 1 aliphatic rings. The highest BCUT2D eigenvalue weighted by atomic mass is 32.1. The zero-order valence-corrected chi connectivity index (χ0v) is 10.6. The summed E-state index contributed by atoms with van der Waals surface area (Å²) in [6.07, 6.45) is 6.63. The van der Waals surface area contributed by atoms with E-state index in [1.165, 1.54) is 44.2 Å². The van der Waals surface area contributed by atoms with E-state index in [0.717, 1.165) is 0 Å². The van der Waals surface area contributed by atoms with Crippen molar-refractivity contribution in [1.82, 2.24) is 5.32 Å². The second-order valence-corrected chi connectivity index (χ2v) is 5.52. The van der Waals surface area contributed by atoms with Crippen molar-refractivity contribution in [3.05, 3.63) is 21.9 Å². The van der Waals surface area contributed by atoms with Crippen LogP contribution in [0.1, 0.15) is 49.5 Å². The number of aryl methyl sites for hydroxylation is 1. The van der Waals surface area contributed by atoms with Crippen LogP contribution in [0.15, 0.2) is 11.4 Å². The first-order valence-corrected chi connectivity index (χ1v) is 6.96. The minimum atomic E-state index is 0.286. The summed E-state index contributed by atoms with van der Waals surface area (Å²) < 4.78 is 0. The highest BCUT2D eigenvalue weighted by Crippen LogP contribution is 2.37. The third-order valence-electron chi connectivity index (χ3n) is 3.64. The van der Waals surface area contributed by atoms with E-state index in [9.17, 15) is 0 Å². The molecule has 0 aromatic carbocycles. The summed E-state index contributed by atoms with van der Waals surface area (Å²) in [5, 5.41) is 6.03. The average molecular weight is 223 g/mol. The molecule has 0 amide bonds. The predicted octanol–water partition coefficient (Wildman–Crippen LogP) is 3.83. The molecule has 0 spiro atoms. The molecule has 1 aromatic rings. The van der Waals surface area contributed by atoms with E-state index in [1.807, 2.05) is 11.3 Å². The van der Waals surface area contributed by atoms with Gasteiger partial charge in [0.2, 0.25) is 0 Å². The van der Waals surface area contributed by atoms with Gasteiger partial charge in [-0.3, -0.25) is 0 Å². The molecule has 0 bridgehead atoms. The summed E-state index contributed by atoms with van der Waals surface area (Å²) in [7, 11) is 0. The lowest BCUT2D eigenvalue weighted by molar-refractivity contribution is 0.318. The van der Waals surface area contributed by atoms with Gasteiger partial charge in [0, 0.05) is 4.88 Å². The van der Waals surface area contributed by atoms with Gasteiger partial charge in [-0.25, -0.2) is 0 Å². The highest BCUT2D eigenvalue weighted by Gasteiger charge is 2.32. The van der Waals surface area contributed by atoms with Gasteiger partial charge >= 0.3 is 0 Å². The van der Waals surface area contributed by atoms with Crippen LogP contribution in [-0.4, -0.2) is 6.54 Å². The third-order valence-corrected chi connectivity index (χ3v) is 4.86. The Labute approximate surface area is 96.9 Å². The van der Waals surface area contributed by atoms with Gasteiger partial charge in [0.05, 0.1) is 5.54 Å². The summed E-state index contributed by atoms with van der Waals surface area (Å²) in [5.41, 5.74) is 1.76. The van der Waals surface area contributed by atoms with E-state index in [2.05, 4.69) is 30.6 Å². The molecule has 0 radical (unpaired) electrons. The maximum absolute atomic E-state index is 3.80. The van der Waals surface area contributed by atoms with Gasteiger partial charge in [0.1, 0.15) is 0 Å². The lowest BCUT2D eigenvalue weighted by atomic mass is 9.87. The summed E-state index contributed by atoms with van der Waals surface area (Å²) in [6.45, 7) is 5.75. The molecule has 2 rings (SSSR count). The van der Waals surface area contributed by atoms with Gasteiger partial charge in [-0.05, 0) is 49.7 Å². The smallest absolute Gasteiger partial charge is 0.0528 e. The van der Waals surface area contributed by atoms with Gasteiger partial charge < -0.3 is 5.32 Å². The van der Waals surface area contributed by atoms with Crippen molar-refractivity contribution in [2.45, 2.75) is 51.5 Å². The summed E-state index contributed by atoms with van der Waals surface area (Å²) in [6, 6.07) is 2.25. The first-order valence-electron chi connectivity index (χ1n) is 6.08. The molecule has 1 saturated heterocycles. The molecule has 1 nitrogen and oxygen atoms in total. The van der Waals surface area contributed by atoms with Crippen molar-refractivity contribution in [3.8, 4) is 0 Å². The van der Waals surface area contributed by atoms with Crippen molar-refractivity contribution < 1.29 is 0 Å². The second-order valence-electron chi connectivity index (χ2n) is 4.61. The first kappa shape index (κ1) is 11.2. The first-order chi connectivity index (χ1) is 7.28. The van der Waals surface area contributed by atoms with E-state index >= 15 is 0 Å². The van der Waals surface area contributed by atoms with Crippen LogP contribution in [0.2, 0.25) is 0 Å². The SMILES string of the molecule is CCC1(c2sccc2C)CCCCCN1. The minimum Gasteiger partial charge on any atom is -0.307 e. The largest absolute Gasteiger partial charge is 0.307 e. The van der Waals surface area contributed by atoms with E-state index in [4.69, 9.17) is 0 Å². The van der Waals surface area contributed by atoms with Gasteiger partial charge in [-0.2, -0.15) is 0 Å². The van der Waals surface area contributed by atoms with Crippen LogP contribution in [0.3, 0.4) is 0 Å². The highest BCUT2D eigenvalue weighted by molar-refractivity contribution is 7.10. The number of thiophene rings is 1. The quantitative estimate of drug-likeness (QED) is 0.803. The topological polar surface area (TPSA) is 12.0 Å². The Morgan fingerprint density at radius 3 is 2.93 bits per heavy atom. The molecule has 1 atom stereocenters. The third kappa shape index (κ3) is 2.11. The molecule has 1 fully saturated rings. The summed E-state index contributed by atoms with van der Waals surface area (Å²) in [4.78, 5) is 1.58. The number of hydrogen-bond donors (Lipinski definition) is 1. The Kier molecular flexibility index (Phi) is 3.47. The van der Waals surface area contributed by atoms with Crippen molar-refractivity contribution >= 4 is 11.3 Å². The maximum Gasteiger partial charge on any atom is 0.0528 e. The van der Waals surface area contributed by atoms with Crippen LogP contribution in [0.25, 0.3) is 0 Å². The van der Waals surface area contributed by atoms with Crippen LogP contribution >= 0.6 is 11.3 Å². The number of rotatable bonds is 2. The molecule has 0 saturated carbocycles. The number of hydrogen-bond acceptors (Lipinski definition) is 2. The second kappa shape index (κ2) is 4.67. The molecule has 2 heterocycles. The zero-order chi connectivity index (χ0) is 10.7. The van der Waals surface area contributed by atoms with Crippen LogP contribution in [0, 0.1) is 6.92 Å². The zero-order valence-electron chi connectivity index (χ0n) is 9.81. The van der Waals surface area contributed by atoms with Crippen LogP contribution in [0.4, 0.5) is 0 Å². The lowest BCUT2D eigenvalue weighted by Crippen LogP contribution is -2.41. The van der Waals surface area contributed by atoms with Gasteiger partial charge in [-0.1, -0.05) is 19.8 Å². The fraction of sp³-hybridized carbons (Fsp3) is 0.692. The van der Waals surface area contributed by atoms with E-state index in [1.54, 1.807) is 4.88 Å². The van der Waals surface area contributed by atoms with E-state index in [-0.39, 0.29) is 5.54 Å².